The van der Waals surface area contributed by atoms with Gasteiger partial charge in [0.2, 0.25) is 5.56 Å². The van der Waals surface area contributed by atoms with Crippen LogP contribution in [-0.2, 0) is 7.05 Å². The van der Waals surface area contributed by atoms with Crippen LogP contribution in [0.2, 0.25) is 0 Å². The normalized spacial score (nSPS) is 11.0. The first-order valence-electron chi connectivity index (χ1n) is 4.72. The highest BCUT2D eigenvalue weighted by Gasteiger charge is 1.90. The van der Waals surface area contributed by atoms with Crippen LogP contribution >= 0.6 is 0 Å². The highest BCUT2D eigenvalue weighted by molar-refractivity contribution is 5.47. The van der Waals surface area contributed by atoms with Crippen LogP contribution in [0.4, 0.5) is 0 Å². The zero-order chi connectivity index (χ0) is 10.4. The molecule has 0 bridgehead atoms. The molecular formula is C11H16N2O. The topological polar surface area (TPSA) is 34.0 Å². The number of nitrogens with one attached hydrogen (secondary N) is 1. The zero-order valence-electron chi connectivity index (χ0n) is 8.66. The van der Waals surface area contributed by atoms with Gasteiger partial charge in [-0.25, -0.2) is 0 Å². The molecule has 14 heavy (non-hydrogen) atoms. The molecule has 0 aliphatic heterocycles. The maximum Gasteiger partial charge on any atom is 0.250 e. The summed E-state index contributed by atoms with van der Waals surface area (Å²) >= 11 is 0. The molecule has 76 valence electrons. The Kier molecular flexibility index (Phi) is 4.13. The van der Waals surface area contributed by atoms with Gasteiger partial charge in [-0.05, 0) is 31.6 Å². The number of aromatic nitrogens is 1. The van der Waals surface area contributed by atoms with Crippen molar-refractivity contribution in [2.24, 2.45) is 7.05 Å². The van der Waals surface area contributed by atoms with Gasteiger partial charge in [0.05, 0.1) is 0 Å². The van der Waals surface area contributed by atoms with Crippen molar-refractivity contribution in [2.75, 3.05) is 13.6 Å². The van der Waals surface area contributed by atoms with Crippen molar-refractivity contribution < 1.29 is 0 Å². The number of pyridine rings is 1. The van der Waals surface area contributed by atoms with Gasteiger partial charge < -0.3 is 9.88 Å². The lowest BCUT2D eigenvalue weighted by molar-refractivity contribution is 0.809. The molecule has 0 aliphatic rings. The van der Waals surface area contributed by atoms with E-state index in [0.717, 1.165) is 18.5 Å². The molecule has 0 atom stereocenters. The number of nitrogens with zero attached hydrogens (tertiary/aromatic N) is 1. The molecule has 1 rings (SSSR count). The second kappa shape index (κ2) is 5.40. The SMILES string of the molecule is CNCCC=Cc1ccc(=O)n(C)c1. The summed E-state index contributed by atoms with van der Waals surface area (Å²) < 4.78 is 1.58. The van der Waals surface area contributed by atoms with E-state index in [2.05, 4.69) is 11.4 Å². The van der Waals surface area contributed by atoms with E-state index in [-0.39, 0.29) is 5.56 Å². The minimum Gasteiger partial charge on any atom is -0.319 e. The van der Waals surface area contributed by atoms with Gasteiger partial charge in [-0.3, -0.25) is 4.79 Å². The molecule has 3 heteroatoms. The van der Waals surface area contributed by atoms with Crippen LogP contribution in [0, 0.1) is 0 Å². The minimum atomic E-state index is 0.0253. The Morgan fingerprint density at radius 3 is 2.93 bits per heavy atom. The Bertz CT molecular complexity index is 366. The molecule has 0 saturated carbocycles. The minimum absolute atomic E-state index is 0.0253. The van der Waals surface area contributed by atoms with Crippen LogP contribution in [0.5, 0.6) is 0 Å². The molecule has 3 nitrogen and oxygen atoms in total. The molecule has 1 aromatic rings. The Balaban J connectivity index is 2.63. The van der Waals surface area contributed by atoms with Gasteiger partial charge in [0.1, 0.15) is 0 Å². The lowest BCUT2D eigenvalue weighted by Crippen LogP contribution is -2.13. The van der Waals surface area contributed by atoms with Crippen molar-refractivity contribution in [1.29, 1.82) is 0 Å². The highest BCUT2D eigenvalue weighted by Crippen LogP contribution is 1.98. The van der Waals surface area contributed by atoms with Gasteiger partial charge in [0.15, 0.2) is 0 Å². The molecule has 1 heterocycles. The average molecular weight is 192 g/mol. The Hall–Kier alpha value is -1.35. The predicted molar refractivity (Wildman–Crippen MR) is 59.3 cm³/mol. The monoisotopic (exact) mass is 192 g/mol. The van der Waals surface area contributed by atoms with Crippen LogP contribution in [0.3, 0.4) is 0 Å². The third-order valence-corrected chi connectivity index (χ3v) is 1.98. The van der Waals surface area contributed by atoms with E-state index in [1.165, 1.54) is 0 Å². The van der Waals surface area contributed by atoms with Gasteiger partial charge in [0.25, 0.3) is 0 Å². The van der Waals surface area contributed by atoms with E-state index < -0.39 is 0 Å². The van der Waals surface area contributed by atoms with Crippen molar-refractivity contribution in [2.45, 2.75) is 6.42 Å². The van der Waals surface area contributed by atoms with Gasteiger partial charge in [0, 0.05) is 19.3 Å². The molecule has 0 aromatic carbocycles. The van der Waals surface area contributed by atoms with Gasteiger partial charge in [-0.2, -0.15) is 0 Å². The number of rotatable bonds is 4. The molecule has 0 fully saturated rings. The van der Waals surface area contributed by atoms with E-state index in [4.69, 9.17) is 0 Å². The fourth-order valence-corrected chi connectivity index (χ4v) is 1.16. The third kappa shape index (κ3) is 3.18. The van der Waals surface area contributed by atoms with Crippen LogP contribution in [-0.4, -0.2) is 18.2 Å². The molecular weight excluding hydrogens is 176 g/mol. The fourth-order valence-electron chi connectivity index (χ4n) is 1.16. The summed E-state index contributed by atoms with van der Waals surface area (Å²) in [5.41, 5.74) is 1.08. The van der Waals surface area contributed by atoms with Crippen molar-refractivity contribution in [3.8, 4) is 0 Å². The van der Waals surface area contributed by atoms with Gasteiger partial charge >= 0.3 is 0 Å². The molecule has 0 aliphatic carbocycles. The summed E-state index contributed by atoms with van der Waals surface area (Å²) in [4.78, 5) is 11.1. The van der Waals surface area contributed by atoms with Crippen molar-refractivity contribution in [1.82, 2.24) is 9.88 Å². The van der Waals surface area contributed by atoms with Gasteiger partial charge in [-0.1, -0.05) is 12.2 Å². The Morgan fingerprint density at radius 1 is 1.50 bits per heavy atom. The second-order valence-electron chi connectivity index (χ2n) is 3.21. The molecule has 1 aromatic heterocycles. The summed E-state index contributed by atoms with van der Waals surface area (Å²) in [5, 5.41) is 3.07. The zero-order valence-corrected chi connectivity index (χ0v) is 8.66. The molecule has 0 unspecified atom stereocenters. The second-order valence-corrected chi connectivity index (χ2v) is 3.21. The van der Waals surface area contributed by atoms with E-state index in [0.29, 0.717) is 0 Å². The first kappa shape index (κ1) is 10.7. The predicted octanol–water partition coefficient (Wildman–Crippen LogP) is 1.01. The molecule has 0 amide bonds. The summed E-state index contributed by atoms with van der Waals surface area (Å²) in [6, 6.07) is 3.41. The maximum atomic E-state index is 11.1. The third-order valence-electron chi connectivity index (χ3n) is 1.98. The van der Waals surface area contributed by atoms with E-state index in [1.54, 1.807) is 17.7 Å². The van der Waals surface area contributed by atoms with Crippen LogP contribution in [0.1, 0.15) is 12.0 Å². The Labute approximate surface area is 84.1 Å². The summed E-state index contributed by atoms with van der Waals surface area (Å²) in [7, 11) is 3.69. The first-order chi connectivity index (χ1) is 6.74. The van der Waals surface area contributed by atoms with Crippen molar-refractivity contribution >= 4 is 6.08 Å². The molecule has 0 spiro atoms. The summed E-state index contributed by atoms with van der Waals surface area (Å²) in [6.45, 7) is 0.974. The van der Waals surface area contributed by atoms with Crippen molar-refractivity contribution in [3.05, 3.63) is 40.3 Å². The quantitative estimate of drug-likeness (QED) is 0.722. The lowest BCUT2D eigenvalue weighted by Gasteiger charge is -1.98. The summed E-state index contributed by atoms with van der Waals surface area (Å²) in [6.07, 6.45) is 6.95. The van der Waals surface area contributed by atoms with Crippen LogP contribution in [0.15, 0.2) is 29.2 Å². The number of aryl methyl sites for hydroxylation is 1. The first-order valence-corrected chi connectivity index (χ1v) is 4.72. The van der Waals surface area contributed by atoms with Crippen molar-refractivity contribution in [3.63, 3.8) is 0 Å². The van der Waals surface area contributed by atoms with Crippen LogP contribution in [0.25, 0.3) is 6.08 Å². The molecule has 0 saturated heterocycles. The largest absolute Gasteiger partial charge is 0.319 e. The highest BCUT2D eigenvalue weighted by atomic mass is 16.1. The van der Waals surface area contributed by atoms with Crippen LogP contribution < -0.4 is 10.9 Å². The molecule has 1 N–H and O–H groups in total. The average Bonchev–Trinajstić information content (AvgIpc) is 2.18. The summed E-state index contributed by atoms with van der Waals surface area (Å²) in [5.74, 6) is 0. The van der Waals surface area contributed by atoms with Gasteiger partial charge in [-0.15, -0.1) is 0 Å². The number of hydrogen-bond donors (Lipinski definition) is 1. The van der Waals surface area contributed by atoms with E-state index >= 15 is 0 Å². The standard InChI is InChI=1S/C11H16N2O/c1-12-8-4-3-5-10-6-7-11(14)13(2)9-10/h3,5-7,9,12H,4,8H2,1-2H3. The maximum absolute atomic E-state index is 11.1. The van der Waals surface area contributed by atoms with E-state index in [1.807, 2.05) is 25.4 Å². The Morgan fingerprint density at radius 2 is 2.29 bits per heavy atom. The smallest absolute Gasteiger partial charge is 0.250 e. The lowest BCUT2D eigenvalue weighted by atomic mass is 10.2. The fraction of sp³-hybridized carbons (Fsp3) is 0.364. The van der Waals surface area contributed by atoms with E-state index in [9.17, 15) is 4.79 Å². The molecule has 0 radical (unpaired) electrons. The number of hydrogen-bond acceptors (Lipinski definition) is 2.